The van der Waals surface area contributed by atoms with E-state index in [-0.39, 0.29) is 0 Å². The third-order valence-corrected chi connectivity index (χ3v) is 2.46. The van der Waals surface area contributed by atoms with Gasteiger partial charge in [0.05, 0.1) is 18.1 Å². The molecule has 0 saturated carbocycles. The van der Waals surface area contributed by atoms with Crippen molar-refractivity contribution in [2.75, 3.05) is 0 Å². The maximum Gasteiger partial charge on any atom is 0.205 e. The van der Waals surface area contributed by atoms with Crippen LogP contribution in [-0.2, 0) is 0 Å². The molecule has 0 N–H and O–H groups in total. The van der Waals surface area contributed by atoms with Crippen LogP contribution in [0.5, 0.6) is 0 Å². The lowest BCUT2D eigenvalue weighted by molar-refractivity contribution is 1.12. The van der Waals surface area contributed by atoms with Gasteiger partial charge in [-0.1, -0.05) is 0 Å². The zero-order chi connectivity index (χ0) is 13.6. The second kappa shape index (κ2) is 5.67. The Morgan fingerprint density at radius 2 is 1.70 bits per heavy atom. The summed E-state index contributed by atoms with van der Waals surface area (Å²) in [7, 11) is 0. The molecule has 3 heterocycles. The van der Waals surface area contributed by atoms with Crippen LogP contribution in [0.15, 0.2) is 55.4 Å². The highest BCUT2D eigenvalue weighted by molar-refractivity contribution is 5.57. The third kappa shape index (κ3) is 2.82. The summed E-state index contributed by atoms with van der Waals surface area (Å²) in [5.41, 5.74) is 2.21. The maximum atomic E-state index is 4.43. The molecular formula is C15H9N5. The first-order chi connectivity index (χ1) is 9.92. The molecule has 0 amide bonds. The van der Waals surface area contributed by atoms with Gasteiger partial charge in [0, 0.05) is 30.4 Å². The quantitative estimate of drug-likeness (QED) is 0.623. The summed E-state index contributed by atoms with van der Waals surface area (Å²) in [6.45, 7) is 0. The van der Waals surface area contributed by atoms with E-state index in [1.54, 1.807) is 43.2 Å². The first kappa shape index (κ1) is 11.9. The van der Waals surface area contributed by atoms with Crippen molar-refractivity contribution < 1.29 is 0 Å². The molecule has 0 fully saturated rings. The molecule has 3 rings (SSSR count). The molecule has 5 heteroatoms. The van der Waals surface area contributed by atoms with E-state index in [9.17, 15) is 0 Å². The Morgan fingerprint density at radius 3 is 2.50 bits per heavy atom. The molecule has 5 nitrogen and oxygen atoms in total. The van der Waals surface area contributed by atoms with Gasteiger partial charge in [-0.25, -0.2) is 15.0 Å². The van der Waals surface area contributed by atoms with Crippen molar-refractivity contribution in [2.24, 2.45) is 0 Å². The average Bonchev–Trinajstić information content (AvgIpc) is 2.55. The Balaban J connectivity index is 1.91. The number of pyridine rings is 1. The van der Waals surface area contributed by atoms with Crippen molar-refractivity contribution in [2.45, 2.75) is 0 Å². The topological polar surface area (TPSA) is 64.5 Å². The molecular weight excluding hydrogens is 250 g/mol. The van der Waals surface area contributed by atoms with E-state index < -0.39 is 0 Å². The van der Waals surface area contributed by atoms with E-state index in [0.717, 1.165) is 11.3 Å². The van der Waals surface area contributed by atoms with E-state index in [0.29, 0.717) is 11.5 Å². The van der Waals surface area contributed by atoms with Crippen molar-refractivity contribution >= 4 is 0 Å². The molecule has 0 bridgehead atoms. The first-order valence-electron chi connectivity index (χ1n) is 5.93. The number of nitrogens with zero attached hydrogens (tertiary/aromatic N) is 5. The summed E-state index contributed by atoms with van der Waals surface area (Å²) in [6, 6.07) is 5.52. The van der Waals surface area contributed by atoms with Gasteiger partial charge in [0.1, 0.15) is 5.69 Å². The standard InChI is InChI=1S/C15H9N5/c1-3-12(9-16-6-1)14-11-17-10-13(20-14)4-5-15-18-7-2-8-19-15/h1-3,6-11H. The zero-order valence-corrected chi connectivity index (χ0v) is 10.4. The highest BCUT2D eigenvalue weighted by atomic mass is 14.8. The Labute approximate surface area is 115 Å². The summed E-state index contributed by atoms with van der Waals surface area (Å²) < 4.78 is 0. The maximum absolute atomic E-state index is 4.43. The highest BCUT2D eigenvalue weighted by Crippen LogP contribution is 2.13. The molecule has 0 saturated heterocycles. The monoisotopic (exact) mass is 259 g/mol. The molecule has 0 unspecified atom stereocenters. The molecule has 0 aliphatic rings. The van der Waals surface area contributed by atoms with Crippen LogP contribution in [0.4, 0.5) is 0 Å². The third-order valence-electron chi connectivity index (χ3n) is 2.46. The fourth-order valence-electron chi connectivity index (χ4n) is 1.56. The van der Waals surface area contributed by atoms with E-state index in [2.05, 4.69) is 36.8 Å². The van der Waals surface area contributed by atoms with Gasteiger partial charge in [-0.2, -0.15) is 0 Å². The van der Waals surface area contributed by atoms with Gasteiger partial charge in [-0.15, -0.1) is 0 Å². The Hall–Kier alpha value is -3.13. The molecule has 0 radical (unpaired) electrons. The van der Waals surface area contributed by atoms with Crippen LogP contribution >= 0.6 is 0 Å². The van der Waals surface area contributed by atoms with Gasteiger partial charge >= 0.3 is 0 Å². The van der Waals surface area contributed by atoms with Gasteiger partial charge in [0.2, 0.25) is 5.82 Å². The smallest absolute Gasteiger partial charge is 0.205 e. The predicted molar refractivity (Wildman–Crippen MR) is 73.3 cm³/mol. The predicted octanol–water partition coefficient (Wildman–Crippen LogP) is 1.73. The van der Waals surface area contributed by atoms with Gasteiger partial charge in [-0.3, -0.25) is 9.97 Å². The van der Waals surface area contributed by atoms with Crippen LogP contribution in [0.3, 0.4) is 0 Å². The number of hydrogen-bond donors (Lipinski definition) is 0. The van der Waals surface area contributed by atoms with E-state index in [4.69, 9.17) is 0 Å². The van der Waals surface area contributed by atoms with E-state index in [1.807, 2.05) is 12.1 Å². The van der Waals surface area contributed by atoms with Gasteiger partial charge in [0.25, 0.3) is 0 Å². The van der Waals surface area contributed by atoms with Crippen molar-refractivity contribution in [1.82, 2.24) is 24.9 Å². The van der Waals surface area contributed by atoms with Crippen LogP contribution in [0, 0.1) is 11.8 Å². The lowest BCUT2D eigenvalue weighted by atomic mass is 10.2. The second-order valence-electron chi connectivity index (χ2n) is 3.85. The summed E-state index contributed by atoms with van der Waals surface area (Å²) in [4.78, 5) is 20.7. The Morgan fingerprint density at radius 1 is 0.800 bits per heavy atom. The number of rotatable bonds is 1. The molecule has 20 heavy (non-hydrogen) atoms. The SMILES string of the molecule is C(#Cc1ncccn1)c1cncc(-c2cccnc2)n1. The zero-order valence-electron chi connectivity index (χ0n) is 10.4. The van der Waals surface area contributed by atoms with Crippen LogP contribution in [0.25, 0.3) is 11.3 Å². The Kier molecular flexibility index (Phi) is 3.38. The summed E-state index contributed by atoms with van der Waals surface area (Å²) >= 11 is 0. The molecule has 94 valence electrons. The summed E-state index contributed by atoms with van der Waals surface area (Å²) in [5.74, 6) is 6.21. The molecule has 0 atom stereocenters. The second-order valence-corrected chi connectivity index (χ2v) is 3.85. The first-order valence-corrected chi connectivity index (χ1v) is 5.93. The highest BCUT2D eigenvalue weighted by Gasteiger charge is 2.00. The molecule has 0 aliphatic heterocycles. The van der Waals surface area contributed by atoms with Gasteiger partial charge < -0.3 is 0 Å². The normalized spacial score (nSPS) is 9.60. The van der Waals surface area contributed by atoms with Gasteiger partial charge in [0.15, 0.2) is 0 Å². The summed E-state index contributed by atoms with van der Waals surface area (Å²) in [6.07, 6.45) is 10.0. The van der Waals surface area contributed by atoms with Crippen molar-refractivity contribution in [3.8, 4) is 23.1 Å². The molecule has 0 aromatic carbocycles. The fraction of sp³-hybridized carbons (Fsp3) is 0. The van der Waals surface area contributed by atoms with Crippen LogP contribution in [0.1, 0.15) is 11.5 Å². The van der Waals surface area contributed by atoms with Crippen LogP contribution in [0.2, 0.25) is 0 Å². The molecule has 0 spiro atoms. The molecule has 3 aromatic heterocycles. The van der Waals surface area contributed by atoms with Crippen molar-refractivity contribution in [1.29, 1.82) is 0 Å². The minimum absolute atomic E-state index is 0.459. The van der Waals surface area contributed by atoms with Crippen LogP contribution < -0.4 is 0 Å². The van der Waals surface area contributed by atoms with E-state index >= 15 is 0 Å². The van der Waals surface area contributed by atoms with Crippen molar-refractivity contribution in [3.05, 3.63) is 66.9 Å². The number of aromatic nitrogens is 5. The fourth-order valence-corrected chi connectivity index (χ4v) is 1.56. The minimum Gasteiger partial charge on any atom is -0.264 e. The van der Waals surface area contributed by atoms with E-state index in [1.165, 1.54) is 0 Å². The van der Waals surface area contributed by atoms with Crippen LogP contribution in [-0.4, -0.2) is 24.9 Å². The number of hydrogen-bond acceptors (Lipinski definition) is 5. The lowest BCUT2D eigenvalue weighted by Crippen LogP contribution is -1.91. The average molecular weight is 259 g/mol. The lowest BCUT2D eigenvalue weighted by Gasteiger charge is -1.99. The minimum atomic E-state index is 0.459. The molecule has 0 aliphatic carbocycles. The Bertz CT molecular complexity index is 760. The largest absolute Gasteiger partial charge is 0.264 e. The summed E-state index contributed by atoms with van der Waals surface area (Å²) in [5, 5.41) is 0. The van der Waals surface area contributed by atoms with Gasteiger partial charge in [-0.05, 0) is 30.0 Å². The molecule has 3 aromatic rings. The van der Waals surface area contributed by atoms with Crippen molar-refractivity contribution in [3.63, 3.8) is 0 Å².